The third kappa shape index (κ3) is 2.57. The van der Waals surface area contributed by atoms with Gasteiger partial charge in [-0.15, -0.1) is 0 Å². The van der Waals surface area contributed by atoms with Crippen molar-refractivity contribution in [1.29, 1.82) is 0 Å². The molecule has 1 aliphatic heterocycles. The molecule has 2 rings (SSSR count). The number of nitrogens with zero attached hydrogens (tertiary/aromatic N) is 2. The number of hydrogen-bond donors (Lipinski definition) is 0. The SMILES string of the molecule is CCc1cc(CC(=O)C2CCOC2C)n(C)n1. The molecule has 1 aromatic heterocycles. The van der Waals surface area contributed by atoms with Crippen LogP contribution in [0.2, 0.25) is 0 Å². The summed E-state index contributed by atoms with van der Waals surface area (Å²) in [5.74, 6) is 0.343. The molecule has 1 aromatic rings. The highest BCUT2D eigenvalue weighted by atomic mass is 16.5. The van der Waals surface area contributed by atoms with E-state index in [1.165, 1.54) is 0 Å². The first-order valence-electron chi connectivity index (χ1n) is 6.28. The molecular formula is C13H20N2O2. The summed E-state index contributed by atoms with van der Waals surface area (Å²) in [5, 5.41) is 4.36. The van der Waals surface area contributed by atoms with E-state index in [-0.39, 0.29) is 17.8 Å². The van der Waals surface area contributed by atoms with E-state index in [1.807, 2.05) is 24.7 Å². The smallest absolute Gasteiger partial charge is 0.144 e. The first kappa shape index (κ1) is 12.3. The second-order valence-corrected chi connectivity index (χ2v) is 4.72. The molecule has 2 atom stereocenters. The number of rotatable bonds is 4. The molecule has 0 aliphatic carbocycles. The van der Waals surface area contributed by atoms with Crippen LogP contribution in [0.4, 0.5) is 0 Å². The fraction of sp³-hybridized carbons (Fsp3) is 0.692. The van der Waals surface area contributed by atoms with Crippen LogP contribution in [0.5, 0.6) is 0 Å². The lowest BCUT2D eigenvalue weighted by Crippen LogP contribution is -2.24. The van der Waals surface area contributed by atoms with Crippen molar-refractivity contribution in [3.8, 4) is 0 Å². The van der Waals surface area contributed by atoms with Crippen molar-refractivity contribution in [3.05, 3.63) is 17.5 Å². The number of ether oxygens (including phenoxy) is 1. The first-order valence-corrected chi connectivity index (χ1v) is 6.28. The summed E-state index contributed by atoms with van der Waals surface area (Å²) < 4.78 is 7.25. The summed E-state index contributed by atoms with van der Waals surface area (Å²) >= 11 is 0. The van der Waals surface area contributed by atoms with Gasteiger partial charge in [-0.25, -0.2) is 0 Å². The van der Waals surface area contributed by atoms with Crippen LogP contribution in [-0.2, 0) is 29.4 Å². The Morgan fingerprint density at radius 2 is 2.41 bits per heavy atom. The minimum absolute atomic E-state index is 0.0648. The molecule has 4 nitrogen and oxygen atoms in total. The summed E-state index contributed by atoms with van der Waals surface area (Å²) in [7, 11) is 1.90. The molecule has 2 heterocycles. The van der Waals surface area contributed by atoms with Crippen molar-refractivity contribution in [3.63, 3.8) is 0 Å². The van der Waals surface area contributed by atoms with E-state index in [2.05, 4.69) is 12.0 Å². The number of carbonyl (C=O) groups excluding carboxylic acids is 1. The normalized spacial score (nSPS) is 24.2. The van der Waals surface area contributed by atoms with E-state index in [0.717, 1.165) is 24.2 Å². The maximum Gasteiger partial charge on any atom is 0.144 e. The van der Waals surface area contributed by atoms with E-state index in [9.17, 15) is 4.79 Å². The number of Topliss-reactive ketones (excluding diaryl/α,β-unsaturated/α-hetero) is 1. The average Bonchev–Trinajstić information content (AvgIpc) is 2.86. The third-order valence-electron chi connectivity index (χ3n) is 3.53. The van der Waals surface area contributed by atoms with Gasteiger partial charge in [0.2, 0.25) is 0 Å². The van der Waals surface area contributed by atoms with Gasteiger partial charge in [-0.3, -0.25) is 9.48 Å². The second-order valence-electron chi connectivity index (χ2n) is 4.72. The monoisotopic (exact) mass is 236 g/mol. The van der Waals surface area contributed by atoms with E-state index in [4.69, 9.17) is 4.74 Å². The van der Waals surface area contributed by atoms with Crippen molar-refractivity contribution in [1.82, 2.24) is 9.78 Å². The van der Waals surface area contributed by atoms with Crippen LogP contribution in [0.25, 0.3) is 0 Å². The van der Waals surface area contributed by atoms with Crippen LogP contribution in [-0.4, -0.2) is 28.3 Å². The minimum Gasteiger partial charge on any atom is -0.378 e. The van der Waals surface area contributed by atoms with Gasteiger partial charge >= 0.3 is 0 Å². The average molecular weight is 236 g/mol. The van der Waals surface area contributed by atoms with E-state index >= 15 is 0 Å². The summed E-state index contributed by atoms with van der Waals surface area (Å²) in [4.78, 5) is 12.2. The molecule has 1 saturated heterocycles. The zero-order valence-electron chi connectivity index (χ0n) is 10.8. The summed E-state index contributed by atoms with van der Waals surface area (Å²) in [6.07, 6.45) is 2.31. The van der Waals surface area contributed by atoms with Crippen molar-refractivity contribution in [2.24, 2.45) is 13.0 Å². The highest BCUT2D eigenvalue weighted by Gasteiger charge is 2.30. The third-order valence-corrected chi connectivity index (χ3v) is 3.53. The lowest BCUT2D eigenvalue weighted by Gasteiger charge is -2.12. The molecule has 0 aromatic carbocycles. The second kappa shape index (κ2) is 5.00. The Morgan fingerprint density at radius 3 is 2.94 bits per heavy atom. The largest absolute Gasteiger partial charge is 0.378 e. The molecule has 1 aliphatic rings. The Labute approximate surface area is 102 Å². The van der Waals surface area contributed by atoms with Gasteiger partial charge in [0.1, 0.15) is 5.78 Å². The van der Waals surface area contributed by atoms with Crippen LogP contribution >= 0.6 is 0 Å². The molecule has 0 saturated carbocycles. The van der Waals surface area contributed by atoms with E-state index < -0.39 is 0 Å². The highest BCUT2D eigenvalue weighted by molar-refractivity contribution is 5.83. The van der Waals surface area contributed by atoms with Gasteiger partial charge in [0.25, 0.3) is 0 Å². The predicted molar refractivity (Wildman–Crippen MR) is 64.8 cm³/mol. The number of carbonyl (C=O) groups is 1. The molecule has 2 unspecified atom stereocenters. The van der Waals surface area contributed by atoms with Crippen LogP contribution < -0.4 is 0 Å². The fourth-order valence-electron chi connectivity index (χ4n) is 2.37. The zero-order valence-corrected chi connectivity index (χ0v) is 10.8. The lowest BCUT2D eigenvalue weighted by atomic mass is 9.94. The molecule has 0 amide bonds. The topological polar surface area (TPSA) is 44.1 Å². The maximum absolute atomic E-state index is 12.2. The van der Waals surface area contributed by atoms with Gasteiger partial charge in [0.05, 0.1) is 11.8 Å². The summed E-state index contributed by atoms with van der Waals surface area (Å²) in [6, 6.07) is 2.03. The molecule has 94 valence electrons. The zero-order chi connectivity index (χ0) is 12.4. The summed E-state index contributed by atoms with van der Waals surface area (Å²) in [6.45, 7) is 4.76. The van der Waals surface area contributed by atoms with E-state index in [0.29, 0.717) is 13.0 Å². The Morgan fingerprint density at radius 1 is 1.65 bits per heavy atom. The van der Waals surface area contributed by atoms with Gasteiger partial charge in [-0.2, -0.15) is 5.10 Å². The molecule has 0 spiro atoms. The van der Waals surface area contributed by atoms with Crippen molar-refractivity contribution < 1.29 is 9.53 Å². The van der Waals surface area contributed by atoms with Crippen molar-refractivity contribution >= 4 is 5.78 Å². The Balaban J connectivity index is 2.04. The van der Waals surface area contributed by atoms with Crippen LogP contribution in [0, 0.1) is 5.92 Å². The predicted octanol–water partition coefficient (Wildman–Crippen LogP) is 1.52. The number of aryl methyl sites for hydroxylation is 2. The van der Waals surface area contributed by atoms with Crippen LogP contribution in [0.1, 0.15) is 31.7 Å². The van der Waals surface area contributed by atoms with Crippen LogP contribution in [0.15, 0.2) is 6.07 Å². The Kier molecular flexibility index (Phi) is 3.62. The van der Waals surface area contributed by atoms with Crippen molar-refractivity contribution in [2.45, 2.75) is 39.2 Å². The highest BCUT2D eigenvalue weighted by Crippen LogP contribution is 2.23. The van der Waals surface area contributed by atoms with Crippen molar-refractivity contribution in [2.75, 3.05) is 6.61 Å². The Bertz CT molecular complexity index is 412. The number of aromatic nitrogens is 2. The molecule has 1 fully saturated rings. The van der Waals surface area contributed by atoms with Gasteiger partial charge in [-0.05, 0) is 25.8 Å². The molecule has 0 N–H and O–H groups in total. The Hall–Kier alpha value is -1.16. The lowest BCUT2D eigenvalue weighted by molar-refractivity contribution is -0.123. The summed E-state index contributed by atoms with van der Waals surface area (Å²) in [5.41, 5.74) is 2.05. The molecule has 0 radical (unpaired) electrons. The van der Waals surface area contributed by atoms with Gasteiger partial charge in [-0.1, -0.05) is 6.92 Å². The minimum atomic E-state index is 0.0648. The first-order chi connectivity index (χ1) is 8.11. The molecular weight excluding hydrogens is 216 g/mol. The van der Waals surface area contributed by atoms with Crippen LogP contribution in [0.3, 0.4) is 0 Å². The van der Waals surface area contributed by atoms with Gasteiger partial charge in [0.15, 0.2) is 0 Å². The molecule has 4 heteroatoms. The van der Waals surface area contributed by atoms with Gasteiger partial charge in [0, 0.05) is 31.7 Å². The number of hydrogen-bond acceptors (Lipinski definition) is 3. The van der Waals surface area contributed by atoms with Gasteiger partial charge < -0.3 is 4.74 Å². The maximum atomic E-state index is 12.2. The molecule has 0 bridgehead atoms. The quantitative estimate of drug-likeness (QED) is 0.796. The standard InChI is InChI=1S/C13H20N2O2/c1-4-10-7-11(15(3)14-10)8-13(16)12-5-6-17-9(12)2/h7,9,12H,4-6,8H2,1-3H3. The number of ketones is 1. The fourth-order valence-corrected chi connectivity index (χ4v) is 2.37. The van der Waals surface area contributed by atoms with E-state index in [1.54, 1.807) is 0 Å². The molecule has 17 heavy (non-hydrogen) atoms.